The lowest BCUT2D eigenvalue weighted by Gasteiger charge is -2.11. The summed E-state index contributed by atoms with van der Waals surface area (Å²) >= 11 is 6.10. The maximum atomic E-state index is 13.0. The Morgan fingerprint density at radius 1 is 0.966 bits per heavy atom. The molecule has 0 aliphatic carbocycles. The van der Waals surface area contributed by atoms with Crippen LogP contribution in [0.1, 0.15) is 0 Å². The minimum absolute atomic E-state index is 0.0273. The summed E-state index contributed by atoms with van der Waals surface area (Å²) in [4.78, 5) is 11.8. The molecule has 0 bridgehead atoms. The number of rotatable bonds is 7. The molecule has 3 aromatic carbocycles. The van der Waals surface area contributed by atoms with Crippen LogP contribution in [0.25, 0.3) is 0 Å². The normalized spacial score (nSPS) is 11.0. The van der Waals surface area contributed by atoms with Crippen LogP contribution in [0.15, 0.2) is 77.7 Å². The van der Waals surface area contributed by atoms with Gasteiger partial charge in [0.2, 0.25) is 0 Å². The SMILES string of the molecule is O=C(COc1ccc(S(=O)(=O)Nc2ccc(F)cc2)cc1Cl)Nc1ccccc1. The molecule has 0 fully saturated rings. The summed E-state index contributed by atoms with van der Waals surface area (Å²) in [5, 5.41) is 2.69. The molecule has 0 saturated heterocycles. The van der Waals surface area contributed by atoms with Gasteiger partial charge in [-0.15, -0.1) is 0 Å². The molecule has 1 amide bonds. The number of nitrogens with one attached hydrogen (secondary N) is 2. The highest BCUT2D eigenvalue weighted by molar-refractivity contribution is 7.92. The lowest BCUT2D eigenvalue weighted by atomic mass is 10.3. The molecule has 0 heterocycles. The molecule has 0 saturated carbocycles. The predicted molar refractivity (Wildman–Crippen MR) is 109 cm³/mol. The highest BCUT2D eigenvalue weighted by Crippen LogP contribution is 2.28. The molecule has 2 N–H and O–H groups in total. The molecule has 29 heavy (non-hydrogen) atoms. The lowest BCUT2D eigenvalue weighted by Crippen LogP contribution is -2.20. The molecule has 0 unspecified atom stereocenters. The summed E-state index contributed by atoms with van der Waals surface area (Å²) in [6.07, 6.45) is 0. The van der Waals surface area contributed by atoms with E-state index in [1.807, 2.05) is 6.07 Å². The molecule has 0 atom stereocenters. The molecule has 3 aromatic rings. The van der Waals surface area contributed by atoms with Crippen molar-refractivity contribution >= 4 is 38.9 Å². The van der Waals surface area contributed by atoms with E-state index in [4.69, 9.17) is 16.3 Å². The largest absolute Gasteiger partial charge is 0.482 e. The first kappa shape index (κ1) is 20.6. The standard InChI is InChI=1S/C20H16ClFN2O4S/c21-18-12-17(29(26,27)24-16-8-6-14(22)7-9-16)10-11-19(18)28-13-20(25)23-15-4-2-1-3-5-15/h1-12,24H,13H2,(H,23,25). The van der Waals surface area contributed by atoms with Crippen molar-refractivity contribution in [2.75, 3.05) is 16.6 Å². The quantitative estimate of drug-likeness (QED) is 0.580. The second kappa shape index (κ2) is 8.93. The highest BCUT2D eigenvalue weighted by atomic mass is 35.5. The minimum atomic E-state index is -3.93. The van der Waals surface area contributed by atoms with Crippen LogP contribution >= 0.6 is 11.6 Å². The molecule has 0 spiro atoms. The first-order chi connectivity index (χ1) is 13.8. The molecule has 150 valence electrons. The monoisotopic (exact) mass is 434 g/mol. The van der Waals surface area contributed by atoms with Crippen molar-refractivity contribution in [3.05, 3.63) is 83.6 Å². The summed E-state index contributed by atoms with van der Waals surface area (Å²) in [6.45, 7) is -0.297. The van der Waals surface area contributed by atoms with E-state index in [0.717, 1.165) is 12.1 Å². The number of halogens is 2. The fourth-order valence-electron chi connectivity index (χ4n) is 2.36. The first-order valence-electron chi connectivity index (χ1n) is 8.39. The number of para-hydroxylation sites is 1. The van der Waals surface area contributed by atoms with E-state index in [9.17, 15) is 17.6 Å². The van der Waals surface area contributed by atoms with Gasteiger partial charge < -0.3 is 10.1 Å². The number of benzene rings is 3. The molecule has 9 heteroatoms. The van der Waals surface area contributed by atoms with E-state index < -0.39 is 15.8 Å². The van der Waals surface area contributed by atoms with Gasteiger partial charge in [0.1, 0.15) is 11.6 Å². The van der Waals surface area contributed by atoms with E-state index >= 15 is 0 Å². The van der Waals surface area contributed by atoms with Gasteiger partial charge in [0.15, 0.2) is 6.61 Å². The third-order valence-corrected chi connectivity index (χ3v) is 5.40. The zero-order valence-corrected chi connectivity index (χ0v) is 16.5. The van der Waals surface area contributed by atoms with E-state index in [1.54, 1.807) is 24.3 Å². The van der Waals surface area contributed by atoms with Crippen molar-refractivity contribution in [3.8, 4) is 5.75 Å². The van der Waals surface area contributed by atoms with Gasteiger partial charge in [0, 0.05) is 11.4 Å². The fraction of sp³-hybridized carbons (Fsp3) is 0.0500. The van der Waals surface area contributed by atoms with Crippen molar-refractivity contribution in [1.82, 2.24) is 0 Å². The average molecular weight is 435 g/mol. The fourth-order valence-corrected chi connectivity index (χ4v) is 3.74. The zero-order valence-electron chi connectivity index (χ0n) is 14.9. The van der Waals surface area contributed by atoms with Gasteiger partial charge in [0.05, 0.1) is 9.92 Å². The van der Waals surface area contributed by atoms with Gasteiger partial charge in [0.25, 0.3) is 15.9 Å². The molecule has 6 nitrogen and oxygen atoms in total. The molecule has 0 aliphatic rings. The second-order valence-electron chi connectivity index (χ2n) is 5.91. The lowest BCUT2D eigenvalue weighted by molar-refractivity contribution is -0.118. The number of hydrogen-bond donors (Lipinski definition) is 2. The Morgan fingerprint density at radius 3 is 2.31 bits per heavy atom. The Kier molecular flexibility index (Phi) is 6.36. The molecule has 3 rings (SSSR count). The molecular weight excluding hydrogens is 419 g/mol. The molecule has 0 aromatic heterocycles. The van der Waals surface area contributed by atoms with E-state index in [2.05, 4.69) is 10.0 Å². The van der Waals surface area contributed by atoms with Gasteiger partial charge in [-0.3, -0.25) is 9.52 Å². The Labute approximate surface area is 172 Å². The number of carbonyl (C=O) groups excluding carboxylic acids is 1. The van der Waals surface area contributed by atoms with Crippen LogP contribution in [0, 0.1) is 5.82 Å². The van der Waals surface area contributed by atoms with Crippen molar-refractivity contribution in [3.63, 3.8) is 0 Å². The van der Waals surface area contributed by atoms with Crippen LogP contribution < -0.4 is 14.8 Å². The molecular formula is C20H16ClFN2O4S. The number of ether oxygens (including phenoxy) is 1. The van der Waals surface area contributed by atoms with Crippen molar-refractivity contribution in [2.45, 2.75) is 4.90 Å². The van der Waals surface area contributed by atoms with Crippen LogP contribution in [-0.2, 0) is 14.8 Å². The molecule has 0 aliphatic heterocycles. The predicted octanol–water partition coefficient (Wildman–Crippen LogP) is 4.30. The smallest absolute Gasteiger partial charge is 0.262 e. The Morgan fingerprint density at radius 2 is 1.66 bits per heavy atom. The third-order valence-electron chi connectivity index (χ3n) is 3.73. The summed E-state index contributed by atoms with van der Waals surface area (Å²) in [7, 11) is -3.93. The van der Waals surface area contributed by atoms with Crippen molar-refractivity contribution in [2.24, 2.45) is 0 Å². The van der Waals surface area contributed by atoms with Gasteiger partial charge in [-0.2, -0.15) is 0 Å². The van der Waals surface area contributed by atoms with E-state index in [1.165, 1.54) is 30.3 Å². The summed E-state index contributed by atoms with van der Waals surface area (Å²) in [5.41, 5.74) is 0.834. The molecule has 0 radical (unpaired) electrons. The van der Waals surface area contributed by atoms with E-state index in [0.29, 0.717) is 5.69 Å². The summed E-state index contributed by atoms with van der Waals surface area (Å²) in [5.74, 6) is -0.702. The number of sulfonamides is 1. The Balaban J connectivity index is 1.64. The van der Waals surface area contributed by atoms with Crippen molar-refractivity contribution in [1.29, 1.82) is 0 Å². The Hall–Kier alpha value is -3.10. The second-order valence-corrected chi connectivity index (χ2v) is 8.00. The van der Waals surface area contributed by atoms with Gasteiger partial charge in [-0.05, 0) is 54.6 Å². The van der Waals surface area contributed by atoms with Crippen LogP contribution in [0.3, 0.4) is 0 Å². The van der Waals surface area contributed by atoms with Gasteiger partial charge >= 0.3 is 0 Å². The van der Waals surface area contributed by atoms with Crippen LogP contribution in [0.2, 0.25) is 5.02 Å². The number of amides is 1. The van der Waals surface area contributed by atoms with Crippen LogP contribution in [0.4, 0.5) is 15.8 Å². The number of anilines is 2. The average Bonchev–Trinajstić information content (AvgIpc) is 2.69. The Bertz CT molecular complexity index is 1110. The van der Waals surface area contributed by atoms with Crippen molar-refractivity contribution < 1.29 is 22.3 Å². The highest BCUT2D eigenvalue weighted by Gasteiger charge is 2.17. The summed E-state index contributed by atoms with van der Waals surface area (Å²) in [6, 6.07) is 17.6. The maximum absolute atomic E-state index is 13.0. The summed E-state index contributed by atoms with van der Waals surface area (Å²) < 4.78 is 45.6. The number of hydrogen-bond acceptors (Lipinski definition) is 4. The van der Waals surface area contributed by atoms with Crippen LogP contribution in [0.5, 0.6) is 5.75 Å². The van der Waals surface area contributed by atoms with E-state index in [-0.39, 0.29) is 33.9 Å². The topological polar surface area (TPSA) is 84.5 Å². The zero-order chi connectivity index (χ0) is 20.9. The number of carbonyl (C=O) groups is 1. The first-order valence-corrected chi connectivity index (χ1v) is 10.3. The minimum Gasteiger partial charge on any atom is -0.482 e. The third kappa shape index (κ3) is 5.69. The van der Waals surface area contributed by atoms with Crippen LogP contribution in [-0.4, -0.2) is 20.9 Å². The van der Waals surface area contributed by atoms with Gasteiger partial charge in [-0.1, -0.05) is 29.8 Å². The van der Waals surface area contributed by atoms with Gasteiger partial charge in [-0.25, -0.2) is 12.8 Å². The maximum Gasteiger partial charge on any atom is 0.262 e.